The molecular weight excluding hydrogens is 317 g/mol. The third kappa shape index (κ3) is 3.18. The second-order valence-corrected chi connectivity index (χ2v) is 6.74. The molecular formula is C11H15ClN5O3P. The Bertz CT molecular complexity index is 702. The van der Waals surface area contributed by atoms with E-state index in [9.17, 15) is 4.57 Å². The predicted octanol–water partition coefficient (Wildman–Crippen LogP) is 1.28. The maximum atomic E-state index is 10.7. The van der Waals surface area contributed by atoms with Gasteiger partial charge in [0, 0.05) is 12.0 Å². The minimum atomic E-state index is -2.58. The van der Waals surface area contributed by atoms with Crippen molar-refractivity contribution in [1.82, 2.24) is 19.5 Å². The lowest BCUT2D eigenvalue weighted by molar-refractivity contribution is 0.113. The number of anilines is 1. The van der Waals surface area contributed by atoms with Crippen LogP contribution in [0.2, 0.25) is 5.15 Å². The first-order chi connectivity index (χ1) is 9.99. The van der Waals surface area contributed by atoms with Gasteiger partial charge in [-0.2, -0.15) is 9.97 Å². The summed E-state index contributed by atoms with van der Waals surface area (Å²) in [4.78, 5) is 21.0. The minimum Gasteiger partial charge on any atom is -0.371 e. The van der Waals surface area contributed by atoms with Crippen LogP contribution >= 0.6 is 19.6 Å². The highest BCUT2D eigenvalue weighted by Gasteiger charge is 2.43. The van der Waals surface area contributed by atoms with Gasteiger partial charge in [0.25, 0.3) is 0 Å². The largest absolute Gasteiger partial charge is 0.371 e. The Kier molecular flexibility index (Phi) is 3.88. The first-order valence-electron chi connectivity index (χ1n) is 6.42. The molecule has 1 aliphatic carbocycles. The average Bonchev–Trinajstić information content (AvgIpc) is 3.03. The number of rotatable bonds is 6. The van der Waals surface area contributed by atoms with Gasteiger partial charge in [-0.25, -0.2) is 4.98 Å². The lowest BCUT2D eigenvalue weighted by Gasteiger charge is -2.16. The molecule has 10 heteroatoms. The summed E-state index contributed by atoms with van der Waals surface area (Å²) in [6, 6.07) is 0. The molecule has 1 saturated carbocycles. The molecule has 0 amide bonds. The summed E-state index contributed by atoms with van der Waals surface area (Å²) >= 11 is 5.99. The molecule has 21 heavy (non-hydrogen) atoms. The van der Waals surface area contributed by atoms with Crippen LogP contribution in [-0.2, 0) is 15.8 Å². The van der Waals surface area contributed by atoms with Crippen molar-refractivity contribution in [2.75, 3.05) is 18.7 Å². The first-order valence-corrected chi connectivity index (χ1v) is 8.37. The number of hydrogen-bond acceptors (Lipinski definition) is 6. The minimum absolute atomic E-state index is 0.0306. The quantitative estimate of drug-likeness (QED) is 0.605. The smallest absolute Gasteiger partial charge is 0.223 e. The van der Waals surface area contributed by atoms with Crippen molar-refractivity contribution in [1.29, 1.82) is 0 Å². The standard InChI is InChI=1S/C11H15ClN5O3P/c12-8-7-9(16-10(13)15-8)17(5-14-7)3-11(1-2-11)4-20-6-21(18)19/h5,21H,1-4,6H2,(H,18,19)(H2,13,15,16). The monoisotopic (exact) mass is 331 g/mol. The zero-order valence-corrected chi connectivity index (χ0v) is 12.9. The maximum Gasteiger partial charge on any atom is 0.223 e. The molecule has 8 nitrogen and oxygen atoms in total. The molecule has 0 aliphatic heterocycles. The summed E-state index contributed by atoms with van der Waals surface area (Å²) in [6.07, 6.45) is 3.54. The van der Waals surface area contributed by atoms with Crippen LogP contribution in [0.5, 0.6) is 0 Å². The summed E-state index contributed by atoms with van der Waals surface area (Å²) < 4.78 is 17.8. The summed E-state index contributed by atoms with van der Waals surface area (Å²) in [7, 11) is -2.58. The average molecular weight is 332 g/mol. The van der Waals surface area contributed by atoms with Gasteiger partial charge in [-0.15, -0.1) is 0 Å². The Morgan fingerprint density at radius 3 is 2.95 bits per heavy atom. The van der Waals surface area contributed by atoms with Crippen LogP contribution in [0.25, 0.3) is 11.2 Å². The van der Waals surface area contributed by atoms with Gasteiger partial charge in [0.05, 0.1) is 12.9 Å². The van der Waals surface area contributed by atoms with E-state index in [0.717, 1.165) is 12.8 Å². The lowest BCUT2D eigenvalue weighted by atomic mass is 10.1. The van der Waals surface area contributed by atoms with Crippen molar-refractivity contribution in [2.24, 2.45) is 5.41 Å². The van der Waals surface area contributed by atoms with Gasteiger partial charge < -0.3 is 19.9 Å². The third-order valence-electron chi connectivity index (χ3n) is 3.54. The highest BCUT2D eigenvalue weighted by molar-refractivity contribution is 7.37. The van der Waals surface area contributed by atoms with Crippen molar-refractivity contribution < 1.29 is 14.2 Å². The maximum absolute atomic E-state index is 10.7. The van der Waals surface area contributed by atoms with Crippen molar-refractivity contribution >= 4 is 36.7 Å². The number of ether oxygens (including phenoxy) is 1. The van der Waals surface area contributed by atoms with Gasteiger partial charge in [-0.3, -0.25) is 4.57 Å². The van der Waals surface area contributed by atoms with E-state index in [-0.39, 0.29) is 22.9 Å². The van der Waals surface area contributed by atoms with E-state index in [1.807, 2.05) is 4.57 Å². The summed E-state index contributed by atoms with van der Waals surface area (Å²) in [5.74, 6) is 0.106. The summed E-state index contributed by atoms with van der Waals surface area (Å²) in [6.45, 7) is 1.10. The fraction of sp³-hybridized carbons (Fsp3) is 0.545. The molecule has 0 radical (unpaired) electrons. The molecule has 0 saturated heterocycles. The predicted molar refractivity (Wildman–Crippen MR) is 78.5 cm³/mol. The van der Waals surface area contributed by atoms with Crippen molar-refractivity contribution in [2.45, 2.75) is 19.4 Å². The van der Waals surface area contributed by atoms with Crippen LogP contribution in [0.15, 0.2) is 6.33 Å². The number of imidazole rings is 1. The Balaban J connectivity index is 1.77. The third-order valence-corrected chi connectivity index (χ3v) is 4.25. The van der Waals surface area contributed by atoms with Crippen LogP contribution in [-0.4, -0.2) is 37.4 Å². The second kappa shape index (κ2) is 5.53. The highest BCUT2D eigenvalue weighted by atomic mass is 35.5. The van der Waals surface area contributed by atoms with E-state index in [4.69, 9.17) is 27.0 Å². The van der Waals surface area contributed by atoms with Gasteiger partial charge in [0.1, 0.15) is 11.9 Å². The molecule has 1 unspecified atom stereocenters. The topological polar surface area (TPSA) is 116 Å². The van der Waals surface area contributed by atoms with E-state index >= 15 is 0 Å². The van der Waals surface area contributed by atoms with E-state index in [2.05, 4.69) is 15.0 Å². The molecule has 0 spiro atoms. The van der Waals surface area contributed by atoms with Gasteiger partial charge in [0.15, 0.2) is 10.8 Å². The molecule has 0 bridgehead atoms. The van der Waals surface area contributed by atoms with Crippen LogP contribution in [0.3, 0.4) is 0 Å². The Hall–Kier alpha value is -1.21. The van der Waals surface area contributed by atoms with Crippen molar-refractivity contribution in [3.8, 4) is 0 Å². The second-order valence-electron chi connectivity index (χ2n) is 5.30. The van der Waals surface area contributed by atoms with Crippen molar-refractivity contribution in [3.05, 3.63) is 11.5 Å². The Labute approximate surface area is 126 Å². The van der Waals surface area contributed by atoms with Gasteiger partial charge in [0.2, 0.25) is 14.0 Å². The molecule has 1 fully saturated rings. The zero-order chi connectivity index (χ0) is 15.0. The summed E-state index contributed by atoms with van der Waals surface area (Å²) in [5.41, 5.74) is 6.69. The molecule has 3 rings (SSSR count). The number of nitrogens with two attached hydrogens (primary N) is 1. The zero-order valence-electron chi connectivity index (χ0n) is 11.1. The number of nitrogens with zero attached hydrogens (tertiary/aromatic N) is 4. The first kappa shape index (κ1) is 14.7. The number of halogens is 1. The molecule has 1 atom stereocenters. The van der Waals surface area contributed by atoms with Crippen LogP contribution in [0.4, 0.5) is 5.95 Å². The highest BCUT2D eigenvalue weighted by Crippen LogP contribution is 2.48. The van der Waals surface area contributed by atoms with Gasteiger partial charge >= 0.3 is 0 Å². The van der Waals surface area contributed by atoms with Crippen LogP contribution < -0.4 is 5.73 Å². The number of nitrogen functional groups attached to an aromatic ring is 1. The SMILES string of the molecule is Nc1nc(Cl)c2ncn(CC3(COC[PH](=O)O)CC3)c2n1. The fourth-order valence-electron chi connectivity index (χ4n) is 2.28. The molecule has 3 N–H and O–H groups in total. The van der Waals surface area contributed by atoms with E-state index < -0.39 is 8.03 Å². The fourth-order valence-corrected chi connectivity index (χ4v) is 2.78. The normalized spacial score (nSPS) is 18.0. The Morgan fingerprint density at radius 1 is 1.52 bits per heavy atom. The van der Waals surface area contributed by atoms with E-state index in [1.54, 1.807) is 6.33 Å². The van der Waals surface area contributed by atoms with Gasteiger partial charge in [-0.05, 0) is 12.8 Å². The molecule has 2 heterocycles. The molecule has 1 aliphatic rings. The molecule has 2 aromatic rings. The lowest BCUT2D eigenvalue weighted by Crippen LogP contribution is -2.18. The Morgan fingerprint density at radius 2 is 2.29 bits per heavy atom. The molecule has 2 aromatic heterocycles. The molecule has 0 aromatic carbocycles. The van der Waals surface area contributed by atoms with E-state index in [1.165, 1.54) is 0 Å². The molecule has 114 valence electrons. The van der Waals surface area contributed by atoms with E-state index in [0.29, 0.717) is 24.3 Å². The summed E-state index contributed by atoms with van der Waals surface area (Å²) in [5, 5.41) is 0.233. The number of fused-ring (bicyclic) bond motifs is 1. The van der Waals surface area contributed by atoms with Crippen molar-refractivity contribution in [3.63, 3.8) is 0 Å². The van der Waals surface area contributed by atoms with Crippen LogP contribution in [0, 0.1) is 5.41 Å². The van der Waals surface area contributed by atoms with Gasteiger partial charge in [-0.1, -0.05) is 11.6 Å². The number of aromatic nitrogens is 4. The number of hydrogen-bond donors (Lipinski definition) is 2. The van der Waals surface area contributed by atoms with Crippen LogP contribution in [0.1, 0.15) is 12.8 Å².